The van der Waals surface area contributed by atoms with E-state index in [0.29, 0.717) is 5.92 Å². The molecule has 0 saturated heterocycles. The molecule has 5 heteroatoms. The second kappa shape index (κ2) is 5.20. The van der Waals surface area contributed by atoms with E-state index in [-0.39, 0.29) is 0 Å². The molecule has 0 heterocycles. The van der Waals surface area contributed by atoms with E-state index < -0.39 is 6.65 Å². The van der Waals surface area contributed by atoms with Gasteiger partial charge in [0.15, 0.2) is 0 Å². The van der Waals surface area contributed by atoms with Crippen molar-refractivity contribution in [1.82, 2.24) is 0 Å². The van der Waals surface area contributed by atoms with Gasteiger partial charge in [-0.3, -0.25) is 15.6 Å². The van der Waals surface area contributed by atoms with Crippen molar-refractivity contribution in [3.8, 4) is 0 Å². The van der Waals surface area contributed by atoms with Gasteiger partial charge in [-0.15, -0.1) is 0 Å². The van der Waals surface area contributed by atoms with Crippen molar-refractivity contribution in [2.45, 2.75) is 26.7 Å². The van der Waals surface area contributed by atoms with Crippen LogP contribution in [0.4, 0.5) is 0 Å². The van der Waals surface area contributed by atoms with Crippen LogP contribution in [0.2, 0.25) is 0 Å². The summed E-state index contributed by atoms with van der Waals surface area (Å²) < 4.78 is 10.8. The second-order valence-corrected chi connectivity index (χ2v) is 7.20. The van der Waals surface area contributed by atoms with Crippen LogP contribution >= 0.6 is 18.0 Å². The topological polar surface area (TPSA) is 69.1 Å². The lowest BCUT2D eigenvalue weighted by Gasteiger charge is -2.10. The summed E-state index contributed by atoms with van der Waals surface area (Å²) in [5.74, 6) is 1.36. The minimum Gasteiger partial charge on any atom is -0.277 e. The lowest BCUT2D eigenvalue weighted by Crippen LogP contribution is -2.04. The van der Waals surface area contributed by atoms with Crippen molar-refractivity contribution in [2.24, 2.45) is 16.9 Å². The first-order chi connectivity index (χ1) is 4.95. The van der Waals surface area contributed by atoms with E-state index in [2.05, 4.69) is 13.8 Å². The van der Waals surface area contributed by atoms with Crippen LogP contribution in [0.15, 0.2) is 0 Å². The lowest BCUT2D eigenvalue weighted by molar-refractivity contribution is 0.580. The van der Waals surface area contributed by atoms with E-state index in [9.17, 15) is 4.57 Å². The molecule has 0 saturated carbocycles. The zero-order chi connectivity index (χ0) is 8.91. The molecular formula is C6H17N2OPS. The predicted molar refractivity (Wildman–Crippen MR) is 52.5 cm³/mol. The third-order valence-corrected chi connectivity index (χ3v) is 4.12. The molecule has 3 nitrogen and oxygen atoms in total. The SMILES string of the molecule is CCCC(C)CSP(N)(N)=O. The van der Waals surface area contributed by atoms with Crippen LogP contribution in [0.3, 0.4) is 0 Å². The summed E-state index contributed by atoms with van der Waals surface area (Å²) in [7, 11) is 0. The Labute approximate surface area is 72.5 Å². The minimum absolute atomic E-state index is 0.561. The van der Waals surface area contributed by atoms with E-state index >= 15 is 0 Å². The molecule has 0 rings (SSSR count). The Morgan fingerprint density at radius 3 is 2.45 bits per heavy atom. The van der Waals surface area contributed by atoms with Crippen LogP contribution in [-0.2, 0) is 4.57 Å². The number of hydrogen-bond acceptors (Lipinski definition) is 2. The van der Waals surface area contributed by atoms with E-state index in [4.69, 9.17) is 11.0 Å². The van der Waals surface area contributed by atoms with Gasteiger partial charge in [-0.1, -0.05) is 38.1 Å². The van der Waals surface area contributed by atoms with E-state index in [1.54, 1.807) is 0 Å². The molecule has 1 unspecified atom stereocenters. The van der Waals surface area contributed by atoms with Gasteiger partial charge in [0.2, 0.25) is 0 Å². The van der Waals surface area contributed by atoms with Gasteiger partial charge in [-0.25, -0.2) is 0 Å². The summed E-state index contributed by atoms with van der Waals surface area (Å²) in [6.45, 7) is 1.42. The molecule has 68 valence electrons. The zero-order valence-electron chi connectivity index (χ0n) is 7.12. The van der Waals surface area contributed by atoms with Gasteiger partial charge >= 0.3 is 0 Å². The summed E-state index contributed by atoms with van der Waals surface area (Å²) >= 11 is 1.19. The second-order valence-electron chi connectivity index (χ2n) is 2.83. The summed E-state index contributed by atoms with van der Waals surface area (Å²) in [5.41, 5.74) is 10.4. The van der Waals surface area contributed by atoms with Crippen LogP contribution in [-0.4, -0.2) is 5.75 Å². The van der Waals surface area contributed by atoms with Crippen LogP contribution < -0.4 is 11.0 Å². The molecule has 0 aromatic heterocycles. The smallest absolute Gasteiger partial charge is 0.261 e. The van der Waals surface area contributed by atoms with Crippen molar-refractivity contribution in [1.29, 1.82) is 0 Å². The summed E-state index contributed by atoms with van der Waals surface area (Å²) in [5, 5.41) is 0. The highest BCUT2D eigenvalue weighted by atomic mass is 32.7. The standard InChI is InChI=1S/C6H17N2OPS/c1-3-4-6(2)5-11-10(7,8)9/h6H,3-5H2,1-2H3,(H4,7,8,9). The van der Waals surface area contributed by atoms with Crippen LogP contribution in [0.5, 0.6) is 0 Å². The summed E-state index contributed by atoms with van der Waals surface area (Å²) in [4.78, 5) is 0. The molecule has 0 amide bonds. The zero-order valence-corrected chi connectivity index (χ0v) is 8.83. The normalized spacial score (nSPS) is 14.9. The number of nitrogens with two attached hydrogens (primary N) is 2. The largest absolute Gasteiger partial charge is 0.277 e. The van der Waals surface area contributed by atoms with Gasteiger partial charge in [-0.05, 0) is 5.92 Å². The van der Waals surface area contributed by atoms with Crippen molar-refractivity contribution in [3.63, 3.8) is 0 Å². The molecule has 0 aliphatic carbocycles. The monoisotopic (exact) mass is 196 g/mol. The predicted octanol–water partition coefficient (Wildman–Crippen LogP) is 2.18. The van der Waals surface area contributed by atoms with Crippen molar-refractivity contribution >= 4 is 18.0 Å². The highest BCUT2D eigenvalue weighted by Crippen LogP contribution is 2.43. The molecule has 0 aliphatic rings. The van der Waals surface area contributed by atoms with E-state index in [1.165, 1.54) is 11.4 Å². The minimum atomic E-state index is -2.83. The Morgan fingerprint density at radius 2 is 2.09 bits per heavy atom. The third-order valence-electron chi connectivity index (χ3n) is 1.34. The molecule has 0 radical (unpaired) electrons. The maximum atomic E-state index is 10.8. The number of hydrogen-bond donors (Lipinski definition) is 2. The first-order valence-corrected chi connectivity index (χ1v) is 7.21. The molecule has 0 spiro atoms. The Kier molecular flexibility index (Phi) is 5.44. The van der Waals surface area contributed by atoms with Gasteiger partial charge in [0, 0.05) is 5.75 Å². The fourth-order valence-electron chi connectivity index (χ4n) is 0.820. The maximum absolute atomic E-state index is 10.8. The Bertz CT molecular complexity index is 148. The van der Waals surface area contributed by atoms with E-state index in [0.717, 1.165) is 18.6 Å². The molecule has 11 heavy (non-hydrogen) atoms. The molecule has 0 bridgehead atoms. The van der Waals surface area contributed by atoms with Crippen molar-refractivity contribution in [3.05, 3.63) is 0 Å². The lowest BCUT2D eigenvalue weighted by atomic mass is 10.1. The Hall–Kier alpha value is 0.500. The fourth-order valence-corrected chi connectivity index (χ4v) is 2.94. The van der Waals surface area contributed by atoms with Crippen molar-refractivity contribution in [2.75, 3.05) is 5.75 Å². The van der Waals surface area contributed by atoms with Crippen LogP contribution in [0, 0.1) is 5.92 Å². The van der Waals surface area contributed by atoms with Gasteiger partial charge in [0.1, 0.15) is 0 Å². The average Bonchev–Trinajstić information content (AvgIpc) is 1.83. The molecular weight excluding hydrogens is 179 g/mol. The highest BCUT2D eigenvalue weighted by molar-refractivity contribution is 8.56. The maximum Gasteiger partial charge on any atom is 0.261 e. The first-order valence-electron chi connectivity index (χ1n) is 3.77. The molecule has 0 aromatic rings. The van der Waals surface area contributed by atoms with Gasteiger partial charge in [-0.2, -0.15) is 0 Å². The fraction of sp³-hybridized carbons (Fsp3) is 1.00. The average molecular weight is 196 g/mol. The number of rotatable bonds is 5. The molecule has 0 aromatic carbocycles. The van der Waals surface area contributed by atoms with Gasteiger partial charge in [0.25, 0.3) is 6.65 Å². The molecule has 1 atom stereocenters. The van der Waals surface area contributed by atoms with Crippen LogP contribution in [0.25, 0.3) is 0 Å². The third kappa shape index (κ3) is 8.41. The van der Waals surface area contributed by atoms with E-state index in [1.807, 2.05) is 0 Å². The highest BCUT2D eigenvalue weighted by Gasteiger charge is 2.11. The summed E-state index contributed by atoms with van der Waals surface area (Å²) in [6.07, 6.45) is 2.30. The van der Waals surface area contributed by atoms with Crippen LogP contribution in [0.1, 0.15) is 26.7 Å². The van der Waals surface area contributed by atoms with Gasteiger partial charge < -0.3 is 0 Å². The summed E-state index contributed by atoms with van der Waals surface area (Å²) in [6, 6.07) is 0. The van der Waals surface area contributed by atoms with Gasteiger partial charge in [0.05, 0.1) is 0 Å². The molecule has 0 fully saturated rings. The Morgan fingerprint density at radius 1 is 1.55 bits per heavy atom. The molecule has 0 aliphatic heterocycles. The quantitative estimate of drug-likeness (QED) is 0.661. The Balaban J connectivity index is 3.46. The van der Waals surface area contributed by atoms with Crippen molar-refractivity contribution < 1.29 is 4.57 Å². The first kappa shape index (κ1) is 11.5. The molecule has 4 N–H and O–H groups in total.